The lowest BCUT2D eigenvalue weighted by molar-refractivity contribution is 0.151. The van der Waals surface area contributed by atoms with Crippen LogP contribution in [0.3, 0.4) is 0 Å². The highest BCUT2D eigenvalue weighted by Crippen LogP contribution is 2.26. The fourth-order valence-electron chi connectivity index (χ4n) is 1.31. The minimum Gasteiger partial charge on any atom is -0.274 e. The summed E-state index contributed by atoms with van der Waals surface area (Å²) >= 11 is 3.33. The van der Waals surface area contributed by atoms with E-state index in [0.29, 0.717) is 11.4 Å². The van der Waals surface area contributed by atoms with Crippen molar-refractivity contribution in [1.29, 1.82) is 0 Å². The smallest absolute Gasteiger partial charge is 0.265 e. The van der Waals surface area contributed by atoms with Crippen molar-refractivity contribution >= 4 is 15.9 Å². The van der Waals surface area contributed by atoms with Gasteiger partial charge in [0.25, 0.3) is 6.43 Å². The summed E-state index contributed by atoms with van der Waals surface area (Å²) in [5.41, 5.74) is 1.12. The Bertz CT molecular complexity index is 493. The van der Waals surface area contributed by atoms with E-state index in [1.807, 2.05) is 0 Å². The number of rotatable bonds is 2. The summed E-state index contributed by atoms with van der Waals surface area (Å²) in [5.74, 6) is 0. The van der Waals surface area contributed by atoms with Gasteiger partial charge in [-0.15, -0.1) is 0 Å². The lowest BCUT2D eigenvalue weighted by Gasteiger charge is -2.00. The number of aryl methyl sites for hydroxylation is 1. The zero-order valence-electron chi connectivity index (χ0n) is 8.36. The molecular formula is C10H8BrF2N3. The molecule has 0 fully saturated rings. The van der Waals surface area contributed by atoms with Gasteiger partial charge >= 0.3 is 0 Å². The van der Waals surface area contributed by atoms with Crippen LogP contribution >= 0.6 is 15.9 Å². The Hall–Kier alpha value is -1.30. The predicted octanol–water partition coefficient (Wildman–Crippen LogP) is 3.18. The Morgan fingerprint density at radius 1 is 1.38 bits per heavy atom. The molecule has 0 aliphatic carbocycles. The van der Waals surface area contributed by atoms with Crippen LogP contribution in [-0.2, 0) is 7.05 Å². The van der Waals surface area contributed by atoms with Crippen LogP contribution in [0.5, 0.6) is 0 Å². The maximum Gasteiger partial charge on any atom is 0.265 e. The van der Waals surface area contributed by atoms with E-state index in [9.17, 15) is 8.78 Å². The topological polar surface area (TPSA) is 30.7 Å². The van der Waals surface area contributed by atoms with E-state index >= 15 is 0 Å². The van der Waals surface area contributed by atoms with Gasteiger partial charge in [-0.2, -0.15) is 5.10 Å². The van der Waals surface area contributed by atoms with Crippen molar-refractivity contribution in [3.05, 3.63) is 34.6 Å². The summed E-state index contributed by atoms with van der Waals surface area (Å²) < 4.78 is 27.0. The third-order valence-corrected chi connectivity index (χ3v) is 2.65. The van der Waals surface area contributed by atoms with E-state index < -0.39 is 6.43 Å². The second-order valence-electron chi connectivity index (χ2n) is 3.28. The molecule has 2 heterocycles. The number of halogens is 3. The maximum absolute atomic E-state index is 12.3. The molecule has 2 aromatic heterocycles. The van der Waals surface area contributed by atoms with Gasteiger partial charge in [-0.05, 0) is 28.1 Å². The van der Waals surface area contributed by atoms with Crippen molar-refractivity contribution in [3.8, 4) is 11.4 Å². The molecule has 0 amide bonds. The lowest BCUT2D eigenvalue weighted by Crippen LogP contribution is -1.91. The molecule has 84 valence electrons. The Morgan fingerprint density at radius 2 is 2.12 bits per heavy atom. The van der Waals surface area contributed by atoms with Crippen molar-refractivity contribution in [3.63, 3.8) is 0 Å². The van der Waals surface area contributed by atoms with Gasteiger partial charge in [-0.3, -0.25) is 9.67 Å². The molecule has 3 nitrogen and oxygen atoms in total. The van der Waals surface area contributed by atoms with Crippen molar-refractivity contribution in [2.75, 3.05) is 0 Å². The van der Waals surface area contributed by atoms with Gasteiger partial charge in [0.05, 0.1) is 10.2 Å². The first-order chi connectivity index (χ1) is 7.58. The first-order valence-electron chi connectivity index (χ1n) is 4.51. The van der Waals surface area contributed by atoms with Crippen LogP contribution in [0.15, 0.2) is 29.0 Å². The second-order valence-corrected chi connectivity index (χ2v) is 4.13. The number of alkyl halides is 2. The first-order valence-corrected chi connectivity index (χ1v) is 5.31. The summed E-state index contributed by atoms with van der Waals surface area (Å²) in [7, 11) is 1.78. The zero-order valence-corrected chi connectivity index (χ0v) is 9.95. The molecule has 0 aromatic carbocycles. The van der Waals surface area contributed by atoms with Crippen molar-refractivity contribution in [2.24, 2.45) is 7.05 Å². The number of aromatic nitrogens is 3. The van der Waals surface area contributed by atoms with Gasteiger partial charge in [0.15, 0.2) is 0 Å². The number of pyridine rings is 1. The zero-order chi connectivity index (χ0) is 11.7. The molecule has 0 aliphatic heterocycles. The fraction of sp³-hybridized carbons (Fsp3) is 0.200. The third kappa shape index (κ3) is 2.11. The normalized spacial score (nSPS) is 11.1. The average Bonchev–Trinajstić information content (AvgIpc) is 2.58. The molecule has 6 heteroatoms. The van der Waals surface area contributed by atoms with Crippen LogP contribution in [0.1, 0.15) is 12.0 Å². The molecule has 0 N–H and O–H groups in total. The van der Waals surface area contributed by atoms with Gasteiger partial charge < -0.3 is 0 Å². The SMILES string of the molecule is Cn1cc(Br)c(-c2ccc(C(F)F)cn2)n1. The molecule has 0 atom stereocenters. The van der Waals surface area contributed by atoms with E-state index in [1.165, 1.54) is 18.3 Å². The highest BCUT2D eigenvalue weighted by molar-refractivity contribution is 9.10. The largest absolute Gasteiger partial charge is 0.274 e. The summed E-state index contributed by atoms with van der Waals surface area (Å²) in [6, 6.07) is 2.89. The second kappa shape index (κ2) is 4.29. The summed E-state index contributed by atoms with van der Waals surface area (Å²) in [6.45, 7) is 0. The van der Waals surface area contributed by atoms with Gasteiger partial charge in [0, 0.05) is 25.0 Å². The molecule has 16 heavy (non-hydrogen) atoms. The Kier molecular flexibility index (Phi) is 3.00. The minimum atomic E-state index is -2.49. The van der Waals surface area contributed by atoms with E-state index in [1.54, 1.807) is 17.9 Å². The molecule has 2 aromatic rings. The van der Waals surface area contributed by atoms with Crippen LogP contribution in [0.2, 0.25) is 0 Å². The molecular weight excluding hydrogens is 280 g/mol. The molecule has 0 radical (unpaired) electrons. The van der Waals surface area contributed by atoms with Crippen molar-refractivity contribution in [1.82, 2.24) is 14.8 Å². The summed E-state index contributed by atoms with van der Waals surface area (Å²) in [4.78, 5) is 3.96. The van der Waals surface area contributed by atoms with E-state index in [-0.39, 0.29) is 5.56 Å². The van der Waals surface area contributed by atoms with Gasteiger partial charge in [0.2, 0.25) is 0 Å². The molecule has 2 rings (SSSR count). The third-order valence-electron chi connectivity index (χ3n) is 2.07. The highest BCUT2D eigenvalue weighted by atomic mass is 79.9. The maximum atomic E-state index is 12.3. The lowest BCUT2D eigenvalue weighted by atomic mass is 10.2. The van der Waals surface area contributed by atoms with Gasteiger partial charge in [0.1, 0.15) is 5.69 Å². The van der Waals surface area contributed by atoms with Gasteiger partial charge in [-0.25, -0.2) is 8.78 Å². The molecule has 0 bridgehead atoms. The van der Waals surface area contributed by atoms with E-state index in [4.69, 9.17) is 0 Å². The number of hydrogen-bond donors (Lipinski definition) is 0. The minimum absolute atomic E-state index is 0.0872. The van der Waals surface area contributed by atoms with Gasteiger partial charge in [-0.1, -0.05) is 0 Å². The molecule has 0 unspecified atom stereocenters. The summed E-state index contributed by atoms with van der Waals surface area (Å²) in [6.07, 6.45) is 0.452. The summed E-state index contributed by atoms with van der Waals surface area (Å²) in [5, 5.41) is 4.17. The predicted molar refractivity (Wildman–Crippen MR) is 59.1 cm³/mol. The van der Waals surface area contributed by atoms with E-state index in [0.717, 1.165) is 4.47 Å². The Balaban J connectivity index is 2.38. The Morgan fingerprint density at radius 3 is 2.56 bits per heavy atom. The number of nitrogens with zero attached hydrogens (tertiary/aromatic N) is 3. The quantitative estimate of drug-likeness (QED) is 0.849. The molecule has 0 aliphatic rings. The number of hydrogen-bond acceptors (Lipinski definition) is 2. The van der Waals surface area contributed by atoms with Crippen LogP contribution < -0.4 is 0 Å². The van der Waals surface area contributed by atoms with Crippen LogP contribution in [0.4, 0.5) is 8.78 Å². The fourth-order valence-corrected chi connectivity index (χ4v) is 1.89. The monoisotopic (exact) mass is 287 g/mol. The molecule has 0 spiro atoms. The Labute approximate surface area is 99.2 Å². The van der Waals surface area contributed by atoms with E-state index in [2.05, 4.69) is 26.0 Å². The van der Waals surface area contributed by atoms with Crippen LogP contribution in [0, 0.1) is 0 Å². The average molecular weight is 288 g/mol. The van der Waals surface area contributed by atoms with Crippen LogP contribution in [0.25, 0.3) is 11.4 Å². The first kappa shape index (κ1) is 11.2. The van der Waals surface area contributed by atoms with Crippen molar-refractivity contribution < 1.29 is 8.78 Å². The van der Waals surface area contributed by atoms with Crippen molar-refractivity contribution in [2.45, 2.75) is 6.43 Å². The highest BCUT2D eigenvalue weighted by Gasteiger charge is 2.11. The molecule has 0 saturated heterocycles. The standard InChI is InChI=1S/C10H8BrF2N3/c1-16-5-7(11)9(15-16)8-3-2-6(4-14-8)10(12)13/h2-5,10H,1H3. The molecule has 0 saturated carbocycles. The van der Waals surface area contributed by atoms with Crippen LogP contribution in [-0.4, -0.2) is 14.8 Å².